The third-order valence-electron chi connectivity index (χ3n) is 7.62. The number of hydrogen-bond donors (Lipinski definition) is 2. The lowest BCUT2D eigenvalue weighted by Gasteiger charge is -2.38. The summed E-state index contributed by atoms with van der Waals surface area (Å²) in [5.41, 5.74) is 16.5. The number of hydrazone groups is 1. The Morgan fingerprint density at radius 2 is 1.67 bits per heavy atom. The van der Waals surface area contributed by atoms with Crippen LogP contribution >= 0.6 is 0 Å². The molecule has 6 rings (SSSR count). The van der Waals surface area contributed by atoms with E-state index in [4.69, 9.17) is 15.7 Å². The minimum absolute atomic E-state index is 0.108. The van der Waals surface area contributed by atoms with Gasteiger partial charge in [-0.1, -0.05) is 72.8 Å². The minimum atomic E-state index is -0.282. The van der Waals surface area contributed by atoms with Crippen LogP contribution in [0.3, 0.4) is 0 Å². The molecule has 1 fully saturated rings. The fourth-order valence-corrected chi connectivity index (χ4v) is 5.42. The first kappa shape index (κ1) is 22.7. The van der Waals surface area contributed by atoms with Crippen molar-refractivity contribution >= 4 is 23.6 Å². The Kier molecular flexibility index (Phi) is 5.89. The number of nitrogens with two attached hydrogens (primary N) is 1. The molecule has 3 N–H and O–H groups in total. The molecule has 0 amide bonds. The summed E-state index contributed by atoms with van der Waals surface area (Å²) in [6, 6.07) is 27.5. The van der Waals surface area contributed by atoms with E-state index in [1.165, 1.54) is 23.2 Å². The van der Waals surface area contributed by atoms with Gasteiger partial charge in [-0.15, -0.1) is 0 Å². The molecule has 0 spiro atoms. The van der Waals surface area contributed by atoms with Crippen LogP contribution in [0.2, 0.25) is 0 Å². The number of anilines is 1. The number of benzene rings is 3. The number of fused-ring (bicyclic) bond motifs is 1. The van der Waals surface area contributed by atoms with Crippen LogP contribution in [0.5, 0.6) is 0 Å². The van der Waals surface area contributed by atoms with Gasteiger partial charge in [0.25, 0.3) is 0 Å². The van der Waals surface area contributed by atoms with Crippen LogP contribution in [-0.2, 0) is 12.0 Å². The molecule has 2 unspecified atom stereocenters. The number of nitrogens with one attached hydrogen (secondary N) is 1. The Labute approximate surface area is 212 Å². The van der Waals surface area contributed by atoms with Gasteiger partial charge in [-0.3, -0.25) is 4.99 Å². The first-order chi connectivity index (χ1) is 17.6. The summed E-state index contributed by atoms with van der Waals surface area (Å²) < 4.78 is 0. The van der Waals surface area contributed by atoms with E-state index in [-0.39, 0.29) is 17.6 Å². The van der Waals surface area contributed by atoms with Gasteiger partial charge in [0.1, 0.15) is 6.17 Å². The van der Waals surface area contributed by atoms with Gasteiger partial charge in [0, 0.05) is 24.0 Å². The van der Waals surface area contributed by atoms with Crippen LogP contribution in [-0.4, -0.2) is 30.6 Å². The summed E-state index contributed by atoms with van der Waals surface area (Å²) in [5.74, 6) is 0.619. The normalized spacial score (nSPS) is 23.7. The van der Waals surface area contributed by atoms with Crippen molar-refractivity contribution in [2.24, 2.45) is 20.8 Å². The molecule has 2 atom stereocenters. The molecule has 6 heteroatoms. The molecule has 1 saturated carbocycles. The van der Waals surface area contributed by atoms with Crippen LogP contribution in [0.1, 0.15) is 54.4 Å². The highest BCUT2D eigenvalue weighted by molar-refractivity contribution is 6.14. The van der Waals surface area contributed by atoms with Crippen LogP contribution in [0.15, 0.2) is 93.9 Å². The van der Waals surface area contributed by atoms with E-state index in [2.05, 4.69) is 88.2 Å². The third kappa shape index (κ3) is 4.22. The molecule has 2 heterocycles. The first-order valence-corrected chi connectivity index (χ1v) is 12.9. The summed E-state index contributed by atoms with van der Waals surface area (Å²) in [4.78, 5) is 12.3. The summed E-state index contributed by atoms with van der Waals surface area (Å²) in [5, 5.41) is 4.69. The average molecular weight is 477 g/mol. The van der Waals surface area contributed by atoms with Crippen molar-refractivity contribution in [3.63, 3.8) is 0 Å². The van der Waals surface area contributed by atoms with E-state index in [0.29, 0.717) is 0 Å². The smallest absolute Gasteiger partial charge is 0.221 e. The quantitative estimate of drug-likeness (QED) is 0.561. The van der Waals surface area contributed by atoms with Crippen molar-refractivity contribution in [3.8, 4) is 0 Å². The summed E-state index contributed by atoms with van der Waals surface area (Å²) in [7, 11) is 0. The molecule has 6 nitrogen and oxygen atoms in total. The lowest BCUT2D eigenvalue weighted by molar-refractivity contribution is 0.253. The number of rotatable bonds is 3. The van der Waals surface area contributed by atoms with Crippen LogP contribution in [0, 0.1) is 0 Å². The van der Waals surface area contributed by atoms with Crippen LogP contribution in [0.4, 0.5) is 5.69 Å². The van der Waals surface area contributed by atoms with E-state index < -0.39 is 0 Å². The fourth-order valence-electron chi connectivity index (χ4n) is 5.42. The second-order valence-corrected chi connectivity index (χ2v) is 9.99. The van der Waals surface area contributed by atoms with Crippen molar-refractivity contribution in [3.05, 3.63) is 101 Å². The van der Waals surface area contributed by atoms with Crippen molar-refractivity contribution in [2.75, 3.05) is 11.4 Å². The second kappa shape index (κ2) is 9.36. The highest BCUT2D eigenvalue weighted by Crippen LogP contribution is 2.39. The van der Waals surface area contributed by atoms with E-state index in [1.807, 2.05) is 19.2 Å². The number of hydrogen-bond acceptors (Lipinski definition) is 6. The highest BCUT2D eigenvalue weighted by Gasteiger charge is 2.34. The maximum atomic E-state index is 6.59. The van der Waals surface area contributed by atoms with E-state index >= 15 is 0 Å². The van der Waals surface area contributed by atoms with E-state index in [0.717, 1.165) is 48.6 Å². The maximum absolute atomic E-state index is 6.59. The zero-order valence-corrected chi connectivity index (χ0v) is 20.6. The molecule has 182 valence electrons. The molecule has 0 radical (unpaired) electrons. The molecule has 3 aliphatic rings. The van der Waals surface area contributed by atoms with Gasteiger partial charge in [-0.2, -0.15) is 5.10 Å². The Morgan fingerprint density at radius 3 is 2.42 bits per heavy atom. The molecule has 0 saturated heterocycles. The molecule has 36 heavy (non-hydrogen) atoms. The average Bonchev–Trinajstić information content (AvgIpc) is 3.35. The first-order valence-electron chi connectivity index (χ1n) is 12.9. The monoisotopic (exact) mass is 476 g/mol. The zero-order valence-electron chi connectivity index (χ0n) is 20.6. The van der Waals surface area contributed by atoms with Crippen molar-refractivity contribution in [1.82, 2.24) is 5.43 Å². The van der Waals surface area contributed by atoms with Crippen LogP contribution in [0.25, 0.3) is 0 Å². The van der Waals surface area contributed by atoms with Gasteiger partial charge in [0.2, 0.25) is 5.96 Å². The predicted molar refractivity (Wildman–Crippen MR) is 148 cm³/mol. The molecule has 3 aromatic carbocycles. The van der Waals surface area contributed by atoms with Gasteiger partial charge in [-0.25, -0.2) is 10.4 Å². The molecule has 1 aliphatic carbocycles. The summed E-state index contributed by atoms with van der Waals surface area (Å²) in [6.45, 7) is 2.91. The number of guanidine groups is 1. The van der Waals surface area contributed by atoms with Crippen molar-refractivity contribution in [1.29, 1.82) is 0 Å². The highest BCUT2D eigenvalue weighted by atomic mass is 15.4. The molecular weight excluding hydrogens is 444 g/mol. The third-order valence-corrected chi connectivity index (χ3v) is 7.62. The predicted octanol–water partition coefficient (Wildman–Crippen LogP) is 4.95. The number of nitrogens with zero attached hydrogens (tertiary/aromatic N) is 4. The molecule has 0 aromatic heterocycles. The zero-order chi connectivity index (χ0) is 24.5. The Morgan fingerprint density at radius 1 is 0.917 bits per heavy atom. The van der Waals surface area contributed by atoms with Gasteiger partial charge >= 0.3 is 0 Å². The molecule has 2 aliphatic heterocycles. The van der Waals surface area contributed by atoms with Crippen molar-refractivity contribution in [2.45, 2.75) is 50.2 Å². The Bertz CT molecular complexity index is 1320. The maximum Gasteiger partial charge on any atom is 0.221 e. The fraction of sp³-hybridized carbons (Fsp3) is 0.300. The number of para-hydroxylation sites is 1. The van der Waals surface area contributed by atoms with E-state index in [9.17, 15) is 0 Å². The minimum Gasteiger partial charge on any atom is -0.321 e. The van der Waals surface area contributed by atoms with E-state index in [1.54, 1.807) is 0 Å². The van der Waals surface area contributed by atoms with Gasteiger partial charge in [-0.05, 0) is 60.9 Å². The van der Waals surface area contributed by atoms with Gasteiger partial charge in [0.15, 0.2) is 0 Å². The lowest BCUT2D eigenvalue weighted by Crippen LogP contribution is -2.43. The largest absolute Gasteiger partial charge is 0.321 e. The number of aliphatic imine (C=N–C) groups is 2. The summed E-state index contributed by atoms with van der Waals surface area (Å²) in [6.07, 6.45) is 5.96. The SMILES string of the molecule is CC1N=C(c2ccc(C3(N)CCC3)cc2)C(c2ccccc2)/C=N\NC(N2CCc3ccccc32)=N1. The van der Waals surface area contributed by atoms with Crippen molar-refractivity contribution < 1.29 is 0 Å². The Balaban J connectivity index is 1.39. The summed E-state index contributed by atoms with van der Waals surface area (Å²) >= 11 is 0. The lowest BCUT2D eigenvalue weighted by atomic mass is 9.72. The van der Waals surface area contributed by atoms with Crippen LogP contribution < -0.4 is 16.1 Å². The molecule has 0 bridgehead atoms. The molecular formula is C30H32N6. The van der Waals surface area contributed by atoms with Gasteiger partial charge < -0.3 is 10.6 Å². The second-order valence-electron chi connectivity index (χ2n) is 9.99. The molecule has 3 aromatic rings. The Hall–Kier alpha value is -3.77. The topological polar surface area (TPSA) is 78.4 Å². The standard InChI is InChI=1S/C30H32N6/c1-21-33-28(24-12-14-25(15-13-24)30(31)17-7-18-30)26(22-8-3-2-4-9-22)20-32-35-29(34-21)36-19-16-23-10-5-6-11-27(23)36/h2-6,8-15,20-21,26H,7,16-19,31H2,1H3,(H,34,35)/b32-20-,33-28?. The van der Waals surface area contributed by atoms with Gasteiger partial charge in [0.05, 0.1) is 11.6 Å².